The molecule has 1 aliphatic carbocycles. The fourth-order valence-corrected chi connectivity index (χ4v) is 5.23. The van der Waals surface area contributed by atoms with E-state index in [1.165, 1.54) is 17.7 Å². The Morgan fingerprint density at radius 2 is 2.12 bits per heavy atom. The van der Waals surface area contributed by atoms with Crippen molar-refractivity contribution in [2.45, 2.75) is 50.6 Å². The molecule has 136 valence electrons. The second kappa shape index (κ2) is 6.52. The molecular weight excluding hydrogens is 312 g/mol. The summed E-state index contributed by atoms with van der Waals surface area (Å²) in [6.45, 7) is 7.61. The van der Waals surface area contributed by atoms with Gasteiger partial charge in [-0.1, -0.05) is 12.1 Å². The van der Waals surface area contributed by atoms with Crippen LogP contribution in [0.5, 0.6) is 0 Å². The second-order valence-electron chi connectivity index (χ2n) is 7.79. The molecule has 2 amide bonds. The van der Waals surface area contributed by atoms with E-state index in [-0.39, 0.29) is 12.1 Å². The standard InChI is InChI=1S/C20H30N4O/c1-4-24(5-2)20(25)22-14-10-16-15-7-6-8-17-19(15)13(11-21-17)9-18(16)23(3)12-14/h6-8,13-14,16,18,21H,4-5,9-12H2,1-3H3,(H,22,25)/t13?,14-,16+,18+/m0/s1. The third-order valence-electron chi connectivity index (χ3n) is 6.47. The van der Waals surface area contributed by atoms with E-state index in [1.54, 1.807) is 5.56 Å². The smallest absolute Gasteiger partial charge is 0.317 e. The van der Waals surface area contributed by atoms with Crippen molar-refractivity contribution in [1.82, 2.24) is 15.1 Å². The summed E-state index contributed by atoms with van der Waals surface area (Å²) in [6, 6.07) is 7.61. The van der Waals surface area contributed by atoms with E-state index in [1.807, 2.05) is 18.7 Å². The lowest BCUT2D eigenvalue weighted by atomic mass is 9.70. The number of urea groups is 1. The van der Waals surface area contributed by atoms with Gasteiger partial charge in [-0.2, -0.15) is 0 Å². The van der Waals surface area contributed by atoms with Gasteiger partial charge in [0.25, 0.3) is 0 Å². The van der Waals surface area contributed by atoms with Crippen LogP contribution < -0.4 is 10.6 Å². The lowest BCUT2D eigenvalue weighted by molar-refractivity contribution is 0.108. The molecule has 3 aliphatic rings. The number of nitrogens with one attached hydrogen (secondary N) is 2. The molecule has 4 rings (SSSR count). The number of anilines is 1. The van der Waals surface area contributed by atoms with Crippen molar-refractivity contribution < 1.29 is 4.79 Å². The van der Waals surface area contributed by atoms with Crippen molar-refractivity contribution in [3.05, 3.63) is 29.3 Å². The summed E-state index contributed by atoms with van der Waals surface area (Å²) in [7, 11) is 2.23. The summed E-state index contributed by atoms with van der Waals surface area (Å²) in [5.41, 5.74) is 4.39. The van der Waals surface area contributed by atoms with Crippen molar-refractivity contribution >= 4 is 11.7 Å². The molecule has 25 heavy (non-hydrogen) atoms. The van der Waals surface area contributed by atoms with Gasteiger partial charge in [0.15, 0.2) is 0 Å². The number of fused-ring (bicyclic) bond motifs is 2. The van der Waals surface area contributed by atoms with Crippen LogP contribution in [0.3, 0.4) is 0 Å². The Bertz CT molecular complexity index is 657. The van der Waals surface area contributed by atoms with Crippen molar-refractivity contribution in [1.29, 1.82) is 0 Å². The normalized spacial score (nSPS) is 30.2. The Balaban J connectivity index is 1.56. The minimum absolute atomic E-state index is 0.0792. The molecule has 1 saturated heterocycles. The average Bonchev–Trinajstić information content (AvgIpc) is 3.02. The van der Waals surface area contributed by atoms with E-state index in [0.29, 0.717) is 17.9 Å². The van der Waals surface area contributed by atoms with Gasteiger partial charge in [-0.25, -0.2) is 4.79 Å². The summed E-state index contributed by atoms with van der Waals surface area (Å²) in [4.78, 5) is 16.8. The molecule has 5 nitrogen and oxygen atoms in total. The average molecular weight is 342 g/mol. The number of hydrogen-bond donors (Lipinski definition) is 2. The largest absolute Gasteiger partial charge is 0.384 e. The molecule has 5 heteroatoms. The first-order valence-corrected chi connectivity index (χ1v) is 9.74. The molecule has 1 aromatic carbocycles. The molecule has 0 spiro atoms. The second-order valence-corrected chi connectivity index (χ2v) is 7.79. The Labute approximate surface area is 150 Å². The number of likely N-dealkylation sites (N-methyl/N-ethyl adjacent to an activating group) is 1. The van der Waals surface area contributed by atoms with Crippen molar-refractivity contribution in [2.24, 2.45) is 0 Å². The molecule has 2 N–H and O–H groups in total. The molecule has 0 saturated carbocycles. The summed E-state index contributed by atoms with van der Waals surface area (Å²) in [6.07, 6.45) is 2.28. The first-order chi connectivity index (χ1) is 12.1. The Morgan fingerprint density at radius 1 is 1.32 bits per heavy atom. The van der Waals surface area contributed by atoms with Crippen molar-refractivity contribution in [3.8, 4) is 0 Å². The Kier molecular flexibility index (Phi) is 4.36. The van der Waals surface area contributed by atoms with Gasteiger partial charge in [-0.05, 0) is 50.9 Å². The van der Waals surface area contributed by atoms with Crippen LogP contribution in [0.2, 0.25) is 0 Å². The number of benzene rings is 1. The minimum Gasteiger partial charge on any atom is -0.384 e. The minimum atomic E-state index is 0.0792. The zero-order chi connectivity index (χ0) is 17.6. The SMILES string of the molecule is CCN(CC)C(=O)N[C@H]1C[C@@H]2c3cccc4c3C(CN4)C[C@H]2N(C)C1. The molecule has 1 unspecified atom stereocenters. The van der Waals surface area contributed by atoms with Gasteiger partial charge in [0.05, 0.1) is 0 Å². The van der Waals surface area contributed by atoms with Crippen LogP contribution in [0.4, 0.5) is 10.5 Å². The van der Waals surface area contributed by atoms with Gasteiger partial charge in [-0.15, -0.1) is 0 Å². The molecule has 1 fully saturated rings. The maximum atomic E-state index is 12.5. The monoisotopic (exact) mass is 342 g/mol. The molecule has 1 aromatic rings. The maximum Gasteiger partial charge on any atom is 0.317 e. The van der Waals surface area contributed by atoms with E-state index >= 15 is 0 Å². The zero-order valence-corrected chi connectivity index (χ0v) is 15.6. The highest BCUT2D eigenvalue weighted by Crippen LogP contribution is 2.49. The first kappa shape index (κ1) is 16.7. The van der Waals surface area contributed by atoms with E-state index < -0.39 is 0 Å². The predicted octanol–water partition coefficient (Wildman–Crippen LogP) is 2.81. The summed E-state index contributed by atoms with van der Waals surface area (Å²) in [5, 5.41) is 6.87. The topological polar surface area (TPSA) is 47.6 Å². The first-order valence-electron chi connectivity index (χ1n) is 9.74. The third-order valence-corrected chi connectivity index (χ3v) is 6.47. The zero-order valence-electron chi connectivity index (χ0n) is 15.6. The summed E-state index contributed by atoms with van der Waals surface area (Å²) in [5.74, 6) is 1.17. The van der Waals surface area contributed by atoms with Gasteiger partial charge in [0, 0.05) is 55.8 Å². The number of likely N-dealkylation sites (tertiary alicyclic amines) is 1. The van der Waals surface area contributed by atoms with Crippen LogP contribution in [0.1, 0.15) is 49.7 Å². The van der Waals surface area contributed by atoms with Crippen molar-refractivity contribution in [3.63, 3.8) is 0 Å². The maximum absolute atomic E-state index is 12.5. The fraction of sp³-hybridized carbons (Fsp3) is 0.650. The molecule has 4 atom stereocenters. The number of hydrogen-bond acceptors (Lipinski definition) is 3. The number of amides is 2. The van der Waals surface area contributed by atoms with Crippen LogP contribution >= 0.6 is 0 Å². The van der Waals surface area contributed by atoms with E-state index in [4.69, 9.17) is 0 Å². The third kappa shape index (κ3) is 2.78. The van der Waals surface area contributed by atoms with E-state index in [9.17, 15) is 4.79 Å². The fourth-order valence-electron chi connectivity index (χ4n) is 5.23. The van der Waals surface area contributed by atoms with Crippen LogP contribution in [-0.2, 0) is 0 Å². The summed E-state index contributed by atoms with van der Waals surface area (Å²) < 4.78 is 0. The van der Waals surface area contributed by atoms with Gasteiger partial charge < -0.3 is 20.4 Å². The molecule has 0 aromatic heterocycles. The van der Waals surface area contributed by atoms with Gasteiger partial charge in [0.2, 0.25) is 0 Å². The highest BCUT2D eigenvalue weighted by Gasteiger charge is 2.44. The number of carbonyl (C=O) groups excluding carboxylic acids is 1. The molecule has 0 radical (unpaired) electrons. The molecular formula is C20H30N4O. The van der Waals surface area contributed by atoms with Gasteiger partial charge >= 0.3 is 6.03 Å². The Morgan fingerprint density at radius 3 is 2.88 bits per heavy atom. The number of nitrogens with zero attached hydrogens (tertiary/aromatic N) is 2. The lowest BCUT2D eigenvalue weighted by Gasteiger charge is -2.47. The van der Waals surface area contributed by atoms with Crippen LogP contribution in [0, 0.1) is 0 Å². The summed E-state index contributed by atoms with van der Waals surface area (Å²) >= 11 is 0. The molecule has 2 aliphatic heterocycles. The number of rotatable bonds is 3. The van der Waals surface area contributed by atoms with Gasteiger partial charge in [0.1, 0.15) is 0 Å². The lowest BCUT2D eigenvalue weighted by Crippen LogP contribution is -2.56. The van der Waals surface area contributed by atoms with Gasteiger partial charge in [-0.3, -0.25) is 0 Å². The highest BCUT2D eigenvalue weighted by molar-refractivity contribution is 5.74. The predicted molar refractivity (Wildman–Crippen MR) is 101 cm³/mol. The molecule has 0 bridgehead atoms. The van der Waals surface area contributed by atoms with Crippen LogP contribution in [0.25, 0.3) is 0 Å². The number of piperidine rings is 1. The van der Waals surface area contributed by atoms with Crippen molar-refractivity contribution in [2.75, 3.05) is 38.5 Å². The van der Waals surface area contributed by atoms with E-state index in [2.05, 4.69) is 40.8 Å². The highest BCUT2D eigenvalue weighted by atomic mass is 16.2. The quantitative estimate of drug-likeness (QED) is 0.888. The Hall–Kier alpha value is -1.75. The van der Waals surface area contributed by atoms with Crippen LogP contribution in [-0.4, -0.2) is 61.1 Å². The van der Waals surface area contributed by atoms with E-state index in [0.717, 1.165) is 32.6 Å². The molecule has 2 heterocycles. The number of carbonyl (C=O) groups is 1. The van der Waals surface area contributed by atoms with Crippen LogP contribution in [0.15, 0.2) is 18.2 Å².